The molecule has 3 rings (SSSR count). The lowest BCUT2D eigenvalue weighted by Gasteiger charge is -2.16. The van der Waals surface area contributed by atoms with Gasteiger partial charge in [0.05, 0.1) is 6.54 Å². The highest BCUT2D eigenvalue weighted by Crippen LogP contribution is 2.26. The average molecular weight is 447 g/mol. The van der Waals surface area contributed by atoms with Gasteiger partial charge >= 0.3 is 5.97 Å². The van der Waals surface area contributed by atoms with Gasteiger partial charge in [0.1, 0.15) is 17.1 Å². The number of anilines is 1. The summed E-state index contributed by atoms with van der Waals surface area (Å²) in [6.45, 7) is 4.98. The van der Waals surface area contributed by atoms with Crippen LogP contribution in [0.5, 0.6) is 11.5 Å². The minimum absolute atomic E-state index is 0.189. The van der Waals surface area contributed by atoms with E-state index in [0.717, 1.165) is 11.1 Å². The lowest BCUT2D eigenvalue weighted by Crippen LogP contribution is -2.40. The van der Waals surface area contributed by atoms with E-state index in [1.165, 1.54) is 6.92 Å². The van der Waals surface area contributed by atoms with Crippen LogP contribution in [-0.4, -0.2) is 30.4 Å². The first-order valence-electron chi connectivity index (χ1n) is 10.5. The van der Waals surface area contributed by atoms with Gasteiger partial charge < -0.3 is 20.1 Å². The molecule has 0 spiro atoms. The molecule has 2 amide bonds. The molecule has 0 aliphatic heterocycles. The zero-order valence-electron chi connectivity index (χ0n) is 18.8. The van der Waals surface area contributed by atoms with Crippen molar-refractivity contribution in [3.8, 4) is 11.5 Å². The van der Waals surface area contributed by atoms with E-state index in [-0.39, 0.29) is 18.0 Å². The van der Waals surface area contributed by atoms with Crippen molar-refractivity contribution in [3.63, 3.8) is 0 Å². The summed E-state index contributed by atoms with van der Waals surface area (Å²) in [5.41, 5.74) is 2.75. The summed E-state index contributed by atoms with van der Waals surface area (Å²) in [5, 5.41) is 5.29. The molecule has 0 unspecified atom stereocenters. The van der Waals surface area contributed by atoms with Crippen LogP contribution in [0.2, 0.25) is 0 Å². The van der Waals surface area contributed by atoms with E-state index in [4.69, 9.17) is 9.47 Å². The first-order valence-corrected chi connectivity index (χ1v) is 10.5. The molecule has 2 N–H and O–H groups in total. The van der Waals surface area contributed by atoms with Crippen LogP contribution in [0.15, 0.2) is 72.8 Å². The zero-order chi connectivity index (χ0) is 23.8. The molecule has 7 nitrogen and oxygen atoms in total. The Labute approximate surface area is 192 Å². The number of hydrogen-bond acceptors (Lipinski definition) is 5. The van der Waals surface area contributed by atoms with Crippen molar-refractivity contribution in [3.05, 3.63) is 89.5 Å². The Morgan fingerprint density at radius 1 is 0.848 bits per heavy atom. The predicted octanol–water partition coefficient (Wildman–Crippen LogP) is 4.40. The molecule has 0 saturated heterocycles. The average Bonchev–Trinajstić information content (AvgIpc) is 2.81. The normalized spacial score (nSPS) is 11.2. The predicted molar refractivity (Wildman–Crippen MR) is 125 cm³/mol. The van der Waals surface area contributed by atoms with Gasteiger partial charge in [0.25, 0.3) is 5.91 Å². The molecule has 0 saturated carbocycles. The molecule has 1 atom stereocenters. The maximum atomic E-state index is 12.7. The smallest absolute Gasteiger partial charge is 0.342 e. The van der Waals surface area contributed by atoms with Crippen LogP contribution in [0, 0.1) is 13.8 Å². The van der Waals surface area contributed by atoms with Crippen molar-refractivity contribution in [1.82, 2.24) is 5.32 Å². The quantitative estimate of drug-likeness (QED) is 0.501. The van der Waals surface area contributed by atoms with E-state index >= 15 is 0 Å². The van der Waals surface area contributed by atoms with Gasteiger partial charge in [-0.1, -0.05) is 48.5 Å². The second-order valence-electron chi connectivity index (χ2n) is 7.49. The SMILES string of the molecule is Cc1cccc(C)c1NC(=O)CNC(=O)[C@H](C)OC(=O)c1ccccc1Oc1ccccc1. The number of benzene rings is 3. The first kappa shape index (κ1) is 23.5. The van der Waals surface area contributed by atoms with Gasteiger partial charge in [0.15, 0.2) is 6.10 Å². The zero-order valence-corrected chi connectivity index (χ0v) is 18.8. The van der Waals surface area contributed by atoms with Crippen molar-refractivity contribution in [2.45, 2.75) is 26.9 Å². The summed E-state index contributed by atoms with van der Waals surface area (Å²) in [7, 11) is 0. The third-order valence-electron chi connectivity index (χ3n) is 4.90. The van der Waals surface area contributed by atoms with Crippen LogP contribution in [0.25, 0.3) is 0 Å². The molecule has 0 radical (unpaired) electrons. The van der Waals surface area contributed by atoms with E-state index in [1.807, 2.05) is 50.2 Å². The Kier molecular flexibility index (Phi) is 7.81. The van der Waals surface area contributed by atoms with Gasteiger partial charge in [0, 0.05) is 5.69 Å². The monoisotopic (exact) mass is 446 g/mol. The third kappa shape index (κ3) is 6.43. The molecule has 0 heterocycles. The molecule has 33 heavy (non-hydrogen) atoms. The Hall–Kier alpha value is -4.13. The number of amides is 2. The van der Waals surface area contributed by atoms with Gasteiger partial charge in [-0.15, -0.1) is 0 Å². The van der Waals surface area contributed by atoms with Crippen molar-refractivity contribution >= 4 is 23.5 Å². The summed E-state index contributed by atoms with van der Waals surface area (Å²) in [4.78, 5) is 37.3. The second-order valence-corrected chi connectivity index (χ2v) is 7.49. The molecule has 3 aromatic carbocycles. The van der Waals surface area contributed by atoms with Crippen LogP contribution in [0.1, 0.15) is 28.4 Å². The molecule has 0 fully saturated rings. The van der Waals surface area contributed by atoms with E-state index in [0.29, 0.717) is 17.2 Å². The number of aryl methyl sites for hydroxylation is 2. The van der Waals surface area contributed by atoms with Gasteiger partial charge in [-0.3, -0.25) is 9.59 Å². The first-order chi connectivity index (χ1) is 15.8. The van der Waals surface area contributed by atoms with Crippen molar-refractivity contribution in [2.24, 2.45) is 0 Å². The number of ether oxygens (including phenoxy) is 2. The molecular formula is C26H26N2O5. The van der Waals surface area contributed by atoms with Gasteiger partial charge in [-0.2, -0.15) is 0 Å². The Bertz CT molecular complexity index is 1120. The summed E-state index contributed by atoms with van der Waals surface area (Å²) in [6, 6.07) is 21.3. The maximum Gasteiger partial charge on any atom is 0.342 e. The molecule has 3 aromatic rings. The third-order valence-corrected chi connectivity index (χ3v) is 4.90. The molecule has 170 valence electrons. The van der Waals surface area contributed by atoms with Crippen LogP contribution >= 0.6 is 0 Å². The highest BCUT2D eigenvalue weighted by Gasteiger charge is 2.22. The summed E-state index contributed by atoms with van der Waals surface area (Å²) < 4.78 is 11.1. The topological polar surface area (TPSA) is 93.7 Å². The Balaban J connectivity index is 1.55. The standard InChI is InChI=1S/C26H26N2O5/c1-17-10-9-11-18(2)24(17)28-23(29)16-27-25(30)19(3)32-26(31)21-14-7-8-15-22(21)33-20-12-5-4-6-13-20/h4-15,19H,16H2,1-3H3,(H,27,30)(H,28,29)/t19-/m0/s1. The fraction of sp³-hybridized carbons (Fsp3) is 0.192. The van der Waals surface area contributed by atoms with Crippen molar-refractivity contribution in [1.29, 1.82) is 0 Å². The fourth-order valence-electron chi connectivity index (χ4n) is 3.12. The number of esters is 1. The van der Waals surface area contributed by atoms with E-state index in [2.05, 4.69) is 10.6 Å². The maximum absolute atomic E-state index is 12.7. The summed E-state index contributed by atoms with van der Waals surface area (Å²) >= 11 is 0. The van der Waals surface area contributed by atoms with Crippen LogP contribution < -0.4 is 15.4 Å². The van der Waals surface area contributed by atoms with Gasteiger partial charge in [-0.05, 0) is 56.2 Å². The molecular weight excluding hydrogens is 420 g/mol. The second kappa shape index (κ2) is 10.9. The van der Waals surface area contributed by atoms with Gasteiger partial charge in [-0.25, -0.2) is 4.79 Å². The number of nitrogens with one attached hydrogen (secondary N) is 2. The molecule has 0 aliphatic rings. The van der Waals surface area contributed by atoms with E-state index < -0.39 is 18.0 Å². The summed E-state index contributed by atoms with van der Waals surface area (Å²) in [5.74, 6) is -0.778. The van der Waals surface area contributed by atoms with Crippen LogP contribution in [-0.2, 0) is 14.3 Å². The van der Waals surface area contributed by atoms with E-state index in [1.54, 1.807) is 36.4 Å². The lowest BCUT2D eigenvalue weighted by atomic mass is 10.1. The fourth-order valence-corrected chi connectivity index (χ4v) is 3.12. The minimum Gasteiger partial charge on any atom is -0.456 e. The summed E-state index contributed by atoms with van der Waals surface area (Å²) in [6.07, 6.45) is -1.10. The lowest BCUT2D eigenvalue weighted by molar-refractivity contribution is -0.130. The molecule has 7 heteroatoms. The molecule has 0 aliphatic carbocycles. The Morgan fingerprint density at radius 2 is 1.48 bits per heavy atom. The largest absolute Gasteiger partial charge is 0.456 e. The van der Waals surface area contributed by atoms with Crippen LogP contribution in [0.4, 0.5) is 5.69 Å². The number of hydrogen-bond donors (Lipinski definition) is 2. The number of para-hydroxylation sites is 3. The molecule has 0 bridgehead atoms. The Morgan fingerprint density at radius 3 is 2.18 bits per heavy atom. The van der Waals surface area contributed by atoms with Crippen molar-refractivity contribution in [2.75, 3.05) is 11.9 Å². The highest BCUT2D eigenvalue weighted by atomic mass is 16.5. The number of carbonyl (C=O) groups is 3. The van der Waals surface area contributed by atoms with E-state index in [9.17, 15) is 14.4 Å². The minimum atomic E-state index is -1.10. The highest BCUT2D eigenvalue weighted by molar-refractivity contribution is 5.97. The van der Waals surface area contributed by atoms with Crippen molar-refractivity contribution < 1.29 is 23.9 Å². The number of carbonyl (C=O) groups excluding carboxylic acids is 3. The van der Waals surface area contributed by atoms with Gasteiger partial charge in [0.2, 0.25) is 5.91 Å². The number of rotatable bonds is 8. The van der Waals surface area contributed by atoms with Crippen LogP contribution in [0.3, 0.4) is 0 Å². The molecule has 0 aromatic heterocycles.